The summed E-state index contributed by atoms with van der Waals surface area (Å²) in [6, 6.07) is 64.4. The first-order chi connectivity index (χ1) is 26.3. The lowest BCUT2D eigenvalue weighted by Gasteiger charge is -2.17. The van der Waals surface area contributed by atoms with Crippen molar-refractivity contribution < 1.29 is 0 Å². The molecule has 4 nitrogen and oxygen atoms in total. The molecule has 0 radical (unpaired) electrons. The SMILES string of the molecule is c1ccc(-c2nc(-c3c(-n4c5ccccc5c5ccccc54)ccc4ccccc34)nc(-c3cc4ccc5ccccc5c4c4ccccc34)n2)cc1. The highest BCUT2D eigenvalue weighted by molar-refractivity contribution is 6.23. The van der Waals surface area contributed by atoms with Crippen molar-refractivity contribution in [1.29, 1.82) is 0 Å². The number of hydrogen-bond acceptors (Lipinski definition) is 3. The first-order valence-electron chi connectivity index (χ1n) is 18.0. The molecule has 11 aromatic rings. The predicted octanol–water partition coefficient (Wildman–Crippen LogP) is 12.6. The zero-order valence-electron chi connectivity index (χ0n) is 28.6. The van der Waals surface area contributed by atoms with Crippen molar-refractivity contribution >= 4 is 64.9 Å². The zero-order chi connectivity index (χ0) is 34.9. The fraction of sp³-hybridized carbons (Fsp3) is 0. The molecule has 0 aliphatic rings. The molecule has 9 aromatic carbocycles. The van der Waals surface area contributed by atoms with Gasteiger partial charge in [-0.05, 0) is 67.4 Å². The summed E-state index contributed by atoms with van der Waals surface area (Å²) in [6.45, 7) is 0. The molecule has 0 saturated heterocycles. The standard InChI is InChI=1S/C49H30N4/c1-2-16-33(17-3-1)47-50-48(41-30-34-27-26-31-14-4-6-18-35(31)45(34)40-23-9-8-20-37(40)41)52-49(51-47)46-36-19-7-5-15-32(36)28-29-44(46)53-42-24-12-10-21-38(42)39-22-11-13-25-43(39)53/h1-30H. The number of nitrogens with zero attached hydrogens (tertiary/aromatic N) is 4. The number of fused-ring (bicyclic) bond motifs is 9. The normalized spacial score (nSPS) is 11.8. The lowest BCUT2D eigenvalue weighted by Crippen LogP contribution is -2.04. The third-order valence-electron chi connectivity index (χ3n) is 10.6. The van der Waals surface area contributed by atoms with Crippen LogP contribution in [0.5, 0.6) is 0 Å². The van der Waals surface area contributed by atoms with E-state index in [4.69, 9.17) is 15.0 Å². The molecule has 4 heteroatoms. The highest BCUT2D eigenvalue weighted by atomic mass is 15.1. The van der Waals surface area contributed by atoms with E-state index in [2.05, 4.69) is 168 Å². The highest BCUT2D eigenvalue weighted by Crippen LogP contribution is 2.41. The van der Waals surface area contributed by atoms with Crippen LogP contribution in [0, 0.1) is 0 Å². The highest BCUT2D eigenvalue weighted by Gasteiger charge is 2.22. The van der Waals surface area contributed by atoms with Crippen molar-refractivity contribution in [3.63, 3.8) is 0 Å². The quantitative estimate of drug-likeness (QED) is 0.175. The molecule has 0 unspecified atom stereocenters. The first-order valence-corrected chi connectivity index (χ1v) is 18.0. The minimum absolute atomic E-state index is 0.630. The summed E-state index contributed by atoms with van der Waals surface area (Å²) in [5.41, 5.74) is 6.17. The van der Waals surface area contributed by atoms with E-state index < -0.39 is 0 Å². The largest absolute Gasteiger partial charge is 0.308 e. The molecule has 0 bridgehead atoms. The van der Waals surface area contributed by atoms with Gasteiger partial charge in [0.2, 0.25) is 0 Å². The number of aromatic nitrogens is 4. The second-order valence-electron chi connectivity index (χ2n) is 13.6. The molecule has 0 N–H and O–H groups in total. The average Bonchev–Trinajstić information content (AvgIpc) is 3.57. The summed E-state index contributed by atoms with van der Waals surface area (Å²) in [6.07, 6.45) is 0. The maximum absolute atomic E-state index is 5.46. The Morgan fingerprint density at radius 2 is 0.849 bits per heavy atom. The van der Waals surface area contributed by atoms with Crippen molar-refractivity contribution in [2.45, 2.75) is 0 Å². The Hall–Kier alpha value is -7.17. The molecule has 0 aliphatic heterocycles. The molecule has 0 saturated carbocycles. The molecule has 0 spiro atoms. The first kappa shape index (κ1) is 29.5. The zero-order valence-corrected chi connectivity index (χ0v) is 28.6. The van der Waals surface area contributed by atoms with E-state index in [1.165, 1.54) is 32.3 Å². The lowest BCUT2D eigenvalue weighted by molar-refractivity contribution is 1.07. The van der Waals surface area contributed by atoms with Gasteiger partial charge in [-0.2, -0.15) is 0 Å². The van der Waals surface area contributed by atoms with Crippen LogP contribution in [0.25, 0.3) is 105 Å². The Labute approximate surface area is 305 Å². The third kappa shape index (κ3) is 4.59. The summed E-state index contributed by atoms with van der Waals surface area (Å²) < 4.78 is 2.37. The van der Waals surface area contributed by atoms with E-state index in [0.29, 0.717) is 17.5 Å². The second kappa shape index (κ2) is 11.7. The van der Waals surface area contributed by atoms with Gasteiger partial charge in [0.1, 0.15) is 0 Å². The molecule has 0 fully saturated rings. The van der Waals surface area contributed by atoms with Crippen molar-refractivity contribution in [1.82, 2.24) is 19.5 Å². The van der Waals surface area contributed by atoms with Gasteiger partial charge in [0.05, 0.1) is 22.3 Å². The molecule has 0 aliphatic carbocycles. The van der Waals surface area contributed by atoms with Gasteiger partial charge in [0.25, 0.3) is 0 Å². The maximum Gasteiger partial charge on any atom is 0.166 e. The van der Waals surface area contributed by atoms with Crippen molar-refractivity contribution in [2.75, 3.05) is 0 Å². The smallest absolute Gasteiger partial charge is 0.166 e. The van der Waals surface area contributed by atoms with Gasteiger partial charge in [-0.15, -0.1) is 0 Å². The number of rotatable bonds is 4. The second-order valence-corrected chi connectivity index (χ2v) is 13.6. The third-order valence-corrected chi connectivity index (χ3v) is 10.6. The van der Waals surface area contributed by atoms with Gasteiger partial charge < -0.3 is 4.57 Å². The number of para-hydroxylation sites is 2. The molecular weight excluding hydrogens is 645 g/mol. The van der Waals surface area contributed by atoms with E-state index in [1.807, 2.05) is 18.2 Å². The van der Waals surface area contributed by atoms with Crippen LogP contribution < -0.4 is 0 Å². The van der Waals surface area contributed by atoms with Gasteiger partial charge in [0.15, 0.2) is 17.5 Å². The van der Waals surface area contributed by atoms with Crippen LogP contribution in [0.1, 0.15) is 0 Å². The van der Waals surface area contributed by atoms with Crippen LogP contribution >= 0.6 is 0 Å². The van der Waals surface area contributed by atoms with Crippen LogP contribution in [-0.4, -0.2) is 19.5 Å². The lowest BCUT2D eigenvalue weighted by atomic mass is 9.93. The monoisotopic (exact) mass is 674 g/mol. The van der Waals surface area contributed by atoms with Crippen LogP contribution in [0.4, 0.5) is 0 Å². The van der Waals surface area contributed by atoms with Crippen molar-refractivity contribution in [2.24, 2.45) is 0 Å². The Morgan fingerprint density at radius 3 is 1.58 bits per heavy atom. The average molecular weight is 675 g/mol. The molecule has 11 rings (SSSR count). The molecule has 0 atom stereocenters. The topological polar surface area (TPSA) is 43.6 Å². The Kier molecular flexibility index (Phi) is 6.52. The van der Waals surface area contributed by atoms with E-state index >= 15 is 0 Å². The van der Waals surface area contributed by atoms with E-state index in [0.717, 1.165) is 55.0 Å². The Morgan fingerprint density at radius 1 is 0.340 bits per heavy atom. The van der Waals surface area contributed by atoms with Crippen LogP contribution in [0.3, 0.4) is 0 Å². The minimum atomic E-state index is 0.630. The summed E-state index contributed by atoms with van der Waals surface area (Å²) >= 11 is 0. The van der Waals surface area contributed by atoms with Gasteiger partial charge in [-0.25, -0.2) is 15.0 Å². The molecule has 0 amide bonds. The molecule has 246 valence electrons. The van der Waals surface area contributed by atoms with Gasteiger partial charge >= 0.3 is 0 Å². The minimum Gasteiger partial charge on any atom is -0.308 e. The van der Waals surface area contributed by atoms with Crippen molar-refractivity contribution in [3.05, 3.63) is 182 Å². The summed E-state index contributed by atoms with van der Waals surface area (Å²) in [5.74, 6) is 1.90. The van der Waals surface area contributed by atoms with Crippen molar-refractivity contribution in [3.8, 4) is 39.9 Å². The molecule has 2 heterocycles. The van der Waals surface area contributed by atoms with E-state index in [9.17, 15) is 0 Å². The Balaban J connectivity index is 1.26. The number of hydrogen-bond donors (Lipinski definition) is 0. The summed E-state index contributed by atoms with van der Waals surface area (Å²) in [4.78, 5) is 16.1. The van der Waals surface area contributed by atoms with Gasteiger partial charge in [-0.3, -0.25) is 0 Å². The van der Waals surface area contributed by atoms with Crippen LogP contribution in [-0.2, 0) is 0 Å². The van der Waals surface area contributed by atoms with E-state index in [-0.39, 0.29) is 0 Å². The van der Waals surface area contributed by atoms with Gasteiger partial charge in [0, 0.05) is 21.9 Å². The van der Waals surface area contributed by atoms with Crippen LogP contribution in [0.15, 0.2) is 182 Å². The fourth-order valence-corrected chi connectivity index (χ4v) is 8.25. The molecule has 53 heavy (non-hydrogen) atoms. The Bertz CT molecular complexity index is 3180. The van der Waals surface area contributed by atoms with Gasteiger partial charge in [-0.1, -0.05) is 158 Å². The maximum atomic E-state index is 5.46. The predicted molar refractivity (Wildman–Crippen MR) is 220 cm³/mol. The van der Waals surface area contributed by atoms with E-state index in [1.54, 1.807) is 0 Å². The summed E-state index contributed by atoms with van der Waals surface area (Å²) in [7, 11) is 0. The summed E-state index contributed by atoms with van der Waals surface area (Å²) in [5, 5.41) is 11.7. The fourth-order valence-electron chi connectivity index (χ4n) is 8.25. The van der Waals surface area contributed by atoms with Crippen LogP contribution in [0.2, 0.25) is 0 Å². The molecular formula is C49H30N4. The molecule has 2 aromatic heterocycles. The number of benzene rings is 9.